The van der Waals surface area contributed by atoms with Crippen molar-refractivity contribution in [2.45, 2.75) is 296 Å². The average Bonchev–Trinajstić information content (AvgIpc) is 3.48. The van der Waals surface area contributed by atoms with Crippen molar-refractivity contribution in [3.05, 3.63) is 109 Å². The van der Waals surface area contributed by atoms with Crippen LogP contribution in [0.2, 0.25) is 0 Å². The number of hydrogen-bond acceptors (Lipinski definition) is 7. The van der Waals surface area contributed by atoms with E-state index in [1.165, 1.54) is 161 Å². The van der Waals surface area contributed by atoms with Crippen molar-refractivity contribution in [1.82, 2.24) is 0 Å². The van der Waals surface area contributed by atoms with Gasteiger partial charge in [0.1, 0.15) is 19.8 Å². The van der Waals surface area contributed by atoms with E-state index in [1.54, 1.807) is 0 Å². The average molecular weight is 1180 g/mol. The summed E-state index contributed by atoms with van der Waals surface area (Å²) in [6.45, 7) is 4.35. The van der Waals surface area contributed by atoms with E-state index in [2.05, 4.69) is 123 Å². The minimum absolute atomic E-state index is 0.0298. The lowest BCUT2D eigenvalue weighted by Crippen LogP contribution is -2.37. The van der Waals surface area contributed by atoms with Crippen LogP contribution in [0.5, 0.6) is 0 Å². The Morgan fingerprint density at radius 1 is 0.386 bits per heavy atom. The molecular weight excluding hydrogens is 1050 g/mol. The number of phosphoric ester groups is 1. The van der Waals surface area contributed by atoms with Crippen LogP contribution in [-0.4, -0.2) is 74.9 Å². The lowest BCUT2D eigenvalue weighted by atomic mass is 10.0. The molecule has 9 nitrogen and oxygen atoms in total. The second kappa shape index (κ2) is 63.2. The number of carbonyl (C=O) groups is 2. The topological polar surface area (TPSA) is 108 Å². The van der Waals surface area contributed by atoms with Crippen LogP contribution in [0.15, 0.2) is 109 Å². The highest BCUT2D eigenvalue weighted by Gasteiger charge is 2.27. The van der Waals surface area contributed by atoms with Crippen molar-refractivity contribution in [2.24, 2.45) is 0 Å². The molecule has 1 N–H and O–H groups in total. The summed E-state index contributed by atoms with van der Waals surface area (Å²) in [5.41, 5.74) is 0. The van der Waals surface area contributed by atoms with Gasteiger partial charge < -0.3 is 18.9 Å². The van der Waals surface area contributed by atoms with E-state index in [0.717, 1.165) is 96.3 Å². The molecule has 0 bridgehead atoms. The number of esters is 2. The van der Waals surface area contributed by atoms with Gasteiger partial charge in [-0.25, -0.2) is 4.57 Å². The Morgan fingerprint density at radius 2 is 0.687 bits per heavy atom. The first-order valence-electron chi connectivity index (χ1n) is 34.1. The number of hydrogen-bond donors (Lipinski definition) is 1. The predicted octanol–water partition coefficient (Wildman–Crippen LogP) is 22.1. The monoisotopic (exact) mass is 1180 g/mol. The van der Waals surface area contributed by atoms with Crippen LogP contribution in [0.1, 0.15) is 290 Å². The molecule has 0 aromatic heterocycles. The maximum Gasteiger partial charge on any atom is 0.472 e. The fourth-order valence-corrected chi connectivity index (χ4v) is 10.1. The molecule has 0 rings (SSSR count). The Labute approximate surface area is 512 Å². The first kappa shape index (κ1) is 79.7. The minimum atomic E-state index is -4.39. The van der Waals surface area contributed by atoms with E-state index in [-0.39, 0.29) is 32.0 Å². The highest BCUT2D eigenvalue weighted by Crippen LogP contribution is 2.43. The molecule has 478 valence electrons. The number of likely N-dealkylation sites (N-methyl/N-ethyl adjacent to an activating group) is 1. The number of allylic oxidation sites excluding steroid dienone is 18. The summed E-state index contributed by atoms with van der Waals surface area (Å²) in [7, 11) is 1.48. The Morgan fingerprint density at radius 3 is 1.02 bits per heavy atom. The zero-order valence-corrected chi connectivity index (χ0v) is 55.3. The molecular formula is C73H129NO8P+. The highest BCUT2D eigenvalue weighted by atomic mass is 31.2. The molecule has 0 radical (unpaired) electrons. The normalized spacial score (nSPS) is 13.9. The van der Waals surface area contributed by atoms with Crippen molar-refractivity contribution in [1.29, 1.82) is 0 Å². The largest absolute Gasteiger partial charge is 0.472 e. The minimum Gasteiger partial charge on any atom is -0.462 e. The van der Waals surface area contributed by atoms with Crippen molar-refractivity contribution >= 4 is 19.8 Å². The van der Waals surface area contributed by atoms with Crippen LogP contribution < -0.4 is 0 Å². The summed E-state index contributed by atoms with van der Waals surface area (Å²) in [5.74, 6) is -0.791. The second-order valence-electron chi connectivity index (χ2n) is 23.8. The van der Waals surface area contributed by atoms with Crippen LogP contribution in [0.25, 0.3) is 0 Å². The Balaban J connectivity index is 4.03. The highest BCUT2D eigenvalue weighted by molar-refractivity contribution is 7.47. The summed E-state index contributed by atoms with van der Waals surface area (Å²) in [6.07, 6.45) is 89.0. The van der Waals surface area contributed by atoms with Crippen molar-refractivity contribution in [3.8, 4) is 0 Å². The van der Waals surface area contributed by atoms with E-state index in [4.69, 9.17) is 18.5 Å². The number of unbranched alkanes of at least 4 members (excludes halogenated alkanes) is 30. The van der Waals surface area contributed by atoms with Gasteiger partial charge in [0.25, 0.3) is 0 Å². The SMILES string of the molecule is CC/C=C\C/C=C\C/C=C\C/C=C\C/C=C\C/C=C\C/C=C\C/C=C\C/C=C\CCCCCCCCCCCCCCCC(=O)OC(COC(=O)CCCCCCCCCCCCCCCCCCCC)COP(=O)(O)OCC[N+](C)(C)C. The van der Waals surface area contributed by atoms with Gasteiger partial charge in [0.15, 0.2) is 6.10 Å². The molecule has 0 aromatic carbocycles. The third-order valence-electron chi connectivity index (χ3n) is 14.6. The van der Waals surface area contributed by atoms with Crippen LogP contribution in [-0.2, 0) is 32.7 Å². The maximum absolute atomic E-state index is 12.9. The fourth-order valence-electron chi connectivity index (χ4n) is 9.36. The van der Waals surface area contributed by atoms with Crippen molar-refractivity contribution in [2.75, 3.05) is 47.5 Å². The number of phosphoric acid groups is 1. The summed E-state index contributed by atoms with van der Waals surface area (Å²) in [4.78, 5) is 35.8. The predicted molar refractivity (Wildman–Crippen MR) is 358 cm³/mol. The number of rotatable bonds is 62. The van der Waals surface area contributed by atoms with Gasteiger partial charge in [0.05, 0.1) is 27.7 Å². The maximum atomic E-state index is 12.9. The summed E-state index contributed by atoms with van der Waals surface area (Å²) < 4.78 is 34.7. The Kier molecular flexibility index (Phi) is 60.6. The summed E-state index contributed by atoms with van der Waals surface area (Å²) >= 11 is 0. The number of quaternary nitrogens is 1. The molecule has 0 aliphatic heterocycles. The van der Waals surface area contributed by atoms with E-state index >= 15 is 0 Å². The molecule has 0 aromatic rings. The van der Waals surface area contributed by atoms with Gasteiger partial charge in [0, 0.05) is 12.8 Å². The van der Waals surface area contributed by atoms with E-state index < -0.39 is 26.5 Å². The van der Waals surface area contributed by atoms with Gasteiger partial charge in [0.2, 0.25) is 0 Å². The van der Waals surface area contributed by atoms with Crippen molar-refractivity contribution < 1.29 is 42.1 Å². The lowest BCUT2D eigenvalue weighted by Gasteiger charge is -2.24. The van der Waals surface area contributed by atoms with E-state index in [0.29, 0.717) is 17.4 Å². The third-order valence-corrected chi connectivity index (χ3v) is 15.6. The number of carbonyl (C=O) groups excluding carboxylic acids is 2. The molecule has 0 spiro atoms. The zero-order chi connectivity index (χ0) is 60.5. The molecule has 83 heavy (non-hydrogen) atoms. The Bertz CT molecular complexity index is 1770. The van der Waals surface area contributed by atoms with Crippen molar-refractivity contribution in [3.63, 3.8) is 0 Å². The van der Waals surface area contributed by atoms with Gasteiger partial charge >= 0.3 is 19.8 Å². The molecule has 0 saturated carbocycles. The molecule has 10 heteroatoms. The van der Waals surface area contributed by atoms with Gasteiger partial charge in [-0.15, -0.1) is 0 Å². The van der Waals surface area contributed by atoms with Crippen LogP contribution in [0, 0.1) is 0 Å². The molecule has 0 aliphatic carbocycles. The molecule has 0 aliphatic rings. The van der Waals surface area contributed by atoms with Gasteiger partial charge in [-0.3, -0.25) is 18.6 Å². The third kappa shape index (κ3) is 67.7. The molecule has 2 unspecified atom stereocenters. The summed E-state index contributed by atoms with van der Waals surface area (Å²) in [6, 6.07) is 0. The molecule has 2 atom stereocenters. The Hall–Kier alpha value is -3.33. The zero-order valence-electron chi connectivity index (χ0n) is 54.4. The first-order chi connectivity index (χ1) is 40.5. The molecule has 0 heterocycles. The quantitative estimate of drug-likeness (QED) is 0.0211. The summed E-state index contributed by atoms with van der Waals surface area (Å²) in [5, 5.41) is 0. The molecule has 0 saturated heterocycles. The first-order valence-corrected chi connectivity index (χ1v) is 35.6. The van der Waals surface area contributed by atoms with E-state index in [9.17, 15) is 19.0 Å². The standard InChI is InChI=1S/C73H128NO8P/c1-6-8-10-12-14-16-18-20-22-24-26-27-28-29-30-31-32-33-34-35-36-37-38-39-40-41-42-43-44-45-46-47-48-50-52-54-56-58-60-62-64-66-73(76)82-71(70-81-83(77,78)80-68-67-74(3,4)5)69-79-72(75)65-63-61-59-57-55-53-51-49-25-23-21-19-17-15-13-11-9-7-2/h8,10,14,16,20,22,26-27,29-30,32-33,35-36,38-39,41-42,71H,6-7,9,11-13,15,17-19,21,23-25,28,31,34,37,40,43-70H2,1-5H3/p+1/b10-8-,16-14-,22-20-,27-26-,30-29-,33-32-,36-35-,39-38-,42-41-. The van der Waals surface area contributed by atoms with Crippen LogP contribution in [0.3, 0.4) is 0 Å². The van der Waals surface area contributed by atoms with Gasteiger partial charge in [-0.2, -0.15) is 0 Å². The van der Waals surface area contributed by atoms with Crippen LogP contribution in [0.4, 0.5) is 0 Å². The number of nitrogens with zero attached hydrogens (tertiary/aromatic N) is 1. The fraction of sp³-hybridized carbons (Fsp3) is 0.726. The number of ether oxygens (including phenoxy) is 2. The smallest absolute Gasteiger partial charge is 0.462 e. The molecule has 0 amide bonds. The van der Waals surface area contributed by atoms with Crippen LogP contribution >= 0.6 is 7.82 Å². The second-order valence-corrected chi connectivity index (χ2v) is 25.3. The molecule has 0 fully saturated rings. The lowest BCUT2D eigenvalue weighted by molar-refractivity contribution is -0.870. The van der Waals surface area contributed by atoms with Gasteiger partial charge in [-0.1, -0.05) is 303 Å². The van der Waals surface area contributed by atoms with Gasteiger partial charge in [-0.05, 0) is 83.5 Å². The van der Waals surface area contributed by atoms with E-state index in [1.807, 2.05) is 21.1 Å².